The Morgan fingerprint density at radius 3 is 2.20 bits per heavy atom. The summed E-state index contributed by atoms with van der Waals surface area (Å²) in [5.74, 6) is -1.62. The molecule has 0 bridgehead atoms. The average molecular weight is 436 g/mol. The van der Waals surface area contributed by atoms with Gasteiger partial charge >= 0.3 is 7.82 Å². The summed E-state index contributed by atoms with van der Waals surface area (Å²) >= 11 is 0. The van der Waals surface area contributed by atoms with E-state index in [4.69, 9.17) is 9.05 Å². The topological polar surface area (TPSA) is 134 Å². The Morgan fingerprint density at radius 1 is 1.00 bits per heavy atom. The van der Waals surface area contributed by atoms with Crippen molar-refractivity contribution in [3.05, 3.63) is 47.5 Å². The van der Waals surface area contributed by atoms with E-state index in [-0.39, 0.29) is 29.6 Å². The van der Waals surface area contributed by atoms with Gasteiger partial charge in [-0.05, 0) is 37.0 Å². The summed E-state index contributed by atoms with van der Waals surface area (Å²) in [6, 6.07) is 8.31. The molecule has 0 heterocycles. The lowest BCUT2D eigenvalue weighted by atomic mass is 9.98. The molecule has 0 aromatic heterocycles. The van der Waals surface area contributed by atoms with Crippen LogP contribution in [0.3, 0.4) is 0 Å². The van der Waals surface area contributed by atoms with Crippen molar-refractivity contribution in [1.29, 1.82) is 0 Å². The maximum atomic E-state index is 12.3. The number of hydrogen-bond acceptors (Lipinski definition) is 7. The van der Waals surface area contributed by atoms with Crippen LogP contribution >= 0.6 is 7.82 Å². The number of carbonyl (C=O) groups is 1. The summed E-state index contributed by atoms with van der Waals surface area (Å²) in [5, 5.41) is 28.9. The molecule has 0 radical (unpaired) electrons. The molecular formula is C21H25O8P. The largest absolute Gasteiger partial charge is 0.527 e. The number of phosphoric ester groups is 1. The van der Waals surface area contributed by atoms with Gasteiger partial charge in [0.05, 0.1) is 6.10 Å². The average Bonchev–Trinajstić information content (AvgIpc) is 2.67. The molecule has 0 spiro atoms. The van der Waals surface area contributed by atoms with Crippen LogP contribution < -0.4 is 4.52 Å². The van der Waals surface area contributed by atoms with Crippen molar-refractivity contribution in [3.8, 4) is 23.0 Å². The van der Waals surface area contributed by atoms with Gasteiger partial charge in [-0.25, -0.2) is 4.57 Å². The van der Waals surface area contributed by atoms with E-state index in [1.807, 2.05) is 0 Å². The lowest BCUT2D eigenvalue weighted by Gasteiger charge is -2.24. The van der Waals surface area contributed by atoms with Crippen molar-refractivity contribution in [2.24, 2.45) is 0 Å². The number of phenolic OH excluding ortho intramolecular Hbond substituents is 3. The molecule has 2 aromatic carbocycles. The number of rotatable bonds is 8. The highest BCUT2D eigenvalue weighted by molar-refractivity contribution is 7.47. The molecule has 0 amide bonds. The predicted octanol–water partition coefficient (Wildman–Crippen LogP) is 4.45. The minimum absolute atomic E-state index is 0.00931. The Labute approximate surface area is 174 Å². The van der Waals surface area contributed by atoms with Crippen molar-refractivity contribution in [1.82, 2.24) is 0 Å². The SMILES string of the molecule is O=C(CCc1ccc(OP(=O)(O)OC2CCCCC2)cc1)c1c(O)cc(O)cc1O. The van der Waals surface area contributed by atoms with Crippen LogP contribution in [0.15, 0.2) is 36.4 Å². The maximum absolute atomic E-state index is 12.3. The molecule has 0 saturated heterocycles. The molecule has 1 aliphatic rings. The van der Waals surface area contributed by atoms with Crippen LogP contribution in [0.4, 0.5) is 0 Å². The second-order valence-corrected chi connectivity index (χ2v) is 8.68. The first-order chi connectivity index (χ1) is 14.2. The van der Waals surface area contributed by atoms with Gasteiger partial charge in [0.2, 0.25) is 0 Å². The number of aryl methyl sites for hydroxylation is 1. The highest BCUT2D eigenvalue weighted by atomic mass is 31.2. The highest BCUT2D eigenvalue weighted by Gasteiger charge is 2.29. The summed E-state index contributed by atoms with van der Waals surface area (Å²) in [7, 11) is -4.21. The Morgan fingerprint density at radius 2 is 1.60 bits per heavy atom. The molecule has 2 aromatic rings. The first-order valence-electron chi connectivity index (χ1n) is 9.81. The predicted molar refractivity (Wildman–Crippen MR) is 109 cm³/mol. The molecule has 30 heavy (non-hydrogen) atoms. The van der Waals surface area contributed by atoms with Crippen molar-refractivity contribution in [3.63, 3.8) is 0 Å². The molecule has 1 saturated carbocycles. The number of carbonyl (C=O) groups excluding carboxylic acids is 1. The van der Waals surface area contributed by atoms with Gasteiger partial charge in [-0.2, -0.15) is 0 Å². The molecule has 1 fully saturated rings. The third kappa shape index (κ3) is 5.98. The number of Topliss-reactive ketones (excluding diaryl/α,β-unsaturated/α-hetero) is 1. The number of benzene rings is 2. The summed E-state index contributed by atoms with van der Waals surface area (Å²) in [6.07, 6.45) is 4.58. The first-order valence-corrected chi connectivity index (χ1v) is 11.3. The lowest BCUT2D eigenvalue weighted by molar-refractivity contribution is 0.0976. The van der Waals surface area contributed by atoms with E-state index in [2.05, 4.69) is 0 Å². The molecule has 1 aliphatic carbocycles. The van der Waals surface area contributed by atoms with E-state index in [9.17, 15) is 29.6 Å². The minimum atomic E-state index is -4.21. The van der Waals surface area contributed by atoms with Crippen molar-refractivity contribution < 1.29 is 38.6 Å². The Balaban J connectivity index is 1.55. The summed E-state index contributed by atoms with van der Waals surface area (Å²) < 4.78 is 22.6. The monoisotopic (exact) mass is 436 g/mol. The smallest absolute Gasteiger partial charge is 0.508 e. The Kier molecular flexibility index (Phi) is 7.02. The van der Waals surface area contributed by atoms with E-state index in [1.54, 1.807) is 12.1 Å². The molecule has 9 heteroatoms. The third-order valence-corrected chi connectivity index (χ3v) is 5.99. The normalized spacial score (nSPS) is 16.7. The summed E-state index contributed by atoms with van der Waals surface area (Å²) in [5.41, 5.74) is 0.517. The molecule has 1 unspecified atom stereocenters. The van der Waals surface area contributed by atoms with Gasteiger partial charge in [0.15, 0.2) is 5.78 Å². The van der Waals surface area contributed by atoms with Crippen molar-refractivity contribution in [2.75, 3.05) is 0 Å². The quantitative estimate of drug-likeness (QED) is 0.352. The third-order valence-electron chi connectivity index (χ3n) is 4.98. The van der Waals surface area contributed by atoms with Gasteiger partial charge in [-0.3, -0.25) is 14.2 Å². The fourth-order valence-electron chi connectivity index (χ4n) is 3.50. The lowest BCUT2D eigenvalue weighted by Crippen LogP contribution is -2.16. The van der Waals surface area contributed by atoms with Crippen LogP contribution in [0.1, 0.15) is 54.4 Å². The van der Waals surface area contributed by atoms with E-state index < -0.39 is 25.1 Å². The van der Waals surface area contributed by atoms with Crippen molar-refractivity contribution >= 4 is 13.6 Å². The van der Waals surface area contributed by atoms with Gasteiger partial charge < -0.3 is 19.8 Å². The van der Waals surface area contributed by atoms with Crippen molar-refractivity contribution in [2.45, 2.75) is 51.0 Å². The zero-order chi connectivity index (χ0) is 21.7. The van der Waals surface area contributed by atoms with Crippen LogP contribution in [0.5, 0.6) is 23.0 Å². The maximum Gasteiger partial charge on any atom is 0.527 e. The zero-order valence-corrected chi connectivity index (χ0v) is 17.3. The van der Waals surface area contributed by atoms with Gasteiger partial charge in [0, 0.05) is 18.6 Å². The summed E-state index contributed by atoms with van der Waals surface area (Å²) in [4.78, 5) is 22.3. The van der Waals surface area contributed by atoms with Gasteiger partial charge in [0.1, 0.15) is 28.6 Å². The first kappa shape index (κ1) is 22.2. The van der Waals surface area contributed by atoms with E-state index in [1.165, 1.54) is 12.1 Å². The molecule has 3 rings (SSSR count). The fourth-order valence-corrected chi connectivity index (χ4v) is 4.52. The van der Waals surface area contributed by atoms with Crippen LogP contribution in [0.2, 0.25) is 0 Å². The van der Waals surface area contributed by atoms with Crippen LogP contribution in [0.25, 0.3) is 0 Å². The van der Waals surface area contributed by atoms with Gasteiger partial charge in [-0.15, -0.1) is 0 Å². The number of hydrogen-bond donors (Lipinski definition) is 4. The van der Waals surface area contributed by atoms with E-state index >= 15 is 0 Å². The molecule has 162 valence electrons. The Hall–Kier alpha value is -2.54. The van der Waals surface area contributed by atoms with E-state index in [0.717, 1.165) is 49.8 Å². The number of aromatic hydroxyl groups is 3. The second-order valence-electron chi connectivity index (χ2n) is 7.35. The van der Waals surface area contributed by atoms with Crippen LogP contribution in [0, 0.1) is 0 Å². The zero-order valence-electron chi connectivity index (χ0n) is 16.4. The molecule has 8 nitrogen and oxygen atoms in total. The number of ketones is 1. The molecule has 1 atom stereocenters. The fraction of sp³-hybridized carbons (Fsp3) is 0.381. The Bertz CT molecular complexity index is 912. The molecule has 0 aliphatic heterocycles. The minimum Gasteiger partial charge on any atom is -0.508 e. The molecular weight excluding hydrogens is 411 g/mol. The second kappa shape index (κ2) is 9.51. The van der Waals surface area contributed by atoms with Gasteiger partial charge in [0.25, 0.3) is 0 Å². The number of phenols is 3. The van der Waals surface area contributed by atoms with Gasteiger partial charge in [-0.1, -0.05) is 31.4 Å². The van der Waals surface area contributed by atoms with Crippen LogP contribution in [-0.2, 0) is 15.5 Å². The van der Waals surface area contributed by atoms with E-state index in [0.29, 0.717) is 6.42 Å². The standard InChI is InChI=1S/C21H25O8P/c22-15-12-19(24)21(20(25)13-15)18(23)11-8-14-6-9-17(10-7-14)29-30(26,27)28-16-4-2-1-3-5-16/h6-7,9-10,12-13,16,22,24-25H,1-5,8,11H2,(H,26,27). The highest BCUT2D eigenvalue weighted by Crippen LogP contribution is 2.47. The van der Waals surface area contributed by atoms with Crippen LogP contribution in [-0.4, -0.2) is 32.1 Å². The summed E-state index contributed by atoms with van der Waals surface area (Å²) in [6.45, 7) is 0. The molecule has 4 N–H and O–H groups in total. The number of phosphoric acid groups is 1.